The first-order valence-electron chi connectivity index (χ1n) is 10.6. The normalized spacial score (nSPS) is 18.0. The van der Waals surface area contributed by atoms with Crippen LogP contribution >= 0.6 is 11.6 Å². The summed E-state index contributed by atoms with van der Waals surface area (Å²) in [5.74, 6) is 0.682. The molecule has 0 aliphatic carbocycles. The third-order valence-corrected chi connectivity index (χ3v) is 6.08. The van der Waals surface area contributed by atoms with Crippen LogP contribution in [0, 0.1) is 0 Å². The predicted octanol–water partition coefficient (Wildman–Crippen LogP) is 3.63. The summed E-state index contributed by atoms with van der Waals surface area (Å²) >= 11 is 6.53. The number of aromatic nitrogens is 2. The van der Waals surface area contributed by atoms with E-state index >= 15 is 0 Å². The highest BCUT2D eigenvalue weighted by Gasteiger charge is 2.19. The Kier molecular flexibility index (Phi) is 6.78. The van der Waals surface area contributed by atoms with Crippen LogP contribution < -0.4 is 5.32 Å². The monoisotopic (exact) mass is 399 g/mol. The molecule has 5 nitrogen and oxygen atoms in total. The molecular weight excluding hydrogens is 370 g/mol. The molecule has 2 aromatic rings. The molecule has 3 heterocycles. The summed E-state index contributed by atoms with van der Waals surface area (Å²) in [5.41, 5.74) is 3.59. The summed E-state index contributed by atoms with van der Waals surface area (Å²) in [7, 11) is 0. The SMILES string of the molecule is Clc1nc(NCCCN2CCCC2)nc2c1CCN(Cc1ccccc1)CC2. The predicted molar refractivity (Wildman–Crippen MR) is 115 cm³/mol. The zero-order valence-corrected chi connectivity index (χ0v) is 17.3. The van der Waals surface area contributed by atoms with Crippen molar-refractivity contribution in [1.82, 2.24) is 19.8 Å². The van der Waals surface area contributed by atoms with Crippen LogP contribution in [0.15, 0.2) is 30.3 Å². The Balaban J connectivity index is 1.32. The molecule has 0 atom stereocenters. The Morgan fingerprint density at radius 1 is 0.929 bits per heavy atom. The zero-order chi connectivity index (χ0) is 19.2. The van der Waals surface area contributed by atoms with Gasteiger partial charge < -0.3 is 10.2 Å². The zero-order valence-electron chi connectivity index (χ0n) is 16.5. The van der Waals surface area contributed by atoms with Crippen LogP contribution in [-0.4, -0.2) is 59.0 Å². The summed E-state index contributed by atoms with van der Waals surface area (Å²) in [6.45, 7) is 7.52. The van der Waals surface area contributed by atoms with E-state index in [4.69, 9.17) is 16.6 Å². The average Bonchev–Trinajstić information content (AvgIpc) is 3.14. The van der Waals surface area contributed by atoms with Gasteiger partial charge in [0, 0.05) is 38.2 Å². The third-order valence-electron chi connectivity index (χ3n) is 5.77. The Hall–Kier alpha value is -1.69. The maximum atomic E-state index is 6.53. The molecule has 4 rings (SSSR count). The van der Waals surface area contributed by atoms with Crippen molar-refractivity contribution in [3.63, 3.8) is 0 Å². The van der Waals surface area contributed by atoms with E-state index in [1.807, 2.05) is 0 Å². The van der Waals surface area contributed by atoms with E-state index < -0.39 is 0 Å². The number of likely N-dealkylation sites (tertiary alicyclic amines) is 1. The van der Waals surface area contributed by atoms with E-state index in [-0.39, 0.29) is 0 Å². The van der Waals surface area contributed by atoms with Gasteiger partial charge in [0.25, 0.3) is 0 Å². The fraction of sp³-hybridized carbons (Fsp3) is 0.545. The number of hydrogen-bond acceptors (Lipinski definition) is 5. The molecule has 1 aromatic heterocycles. The second-order valence-corrected chi connectivity index (χ2v) is 8.21. The standard InChI is InChI=1S/C22H30ClN5/c23-21-19-9-15-28(17-18-7-2-1-3-8-18)16-10-20(19)25-22(26-21)24-11-6-14-27-12-4-5-13-27/h1-3,7-8H,4-6,9-17H2,(H,24,25,26). The number of rotatable bonds is 7. The number of benzene rings is 1. The van der Waals surface area contributed by atoms with Crippen molar-refractivity contribution in [2.45, 2.75) is 38.6 Å². The van der Waals surface area contributed by atoms with E-state index in [0.29, 0.717) is 11.1 Å². The first-order valence-corrected chi connectivity index (χ1v) is 10.9. The molecule has 2 aliphatic heterocycles. The molecule has 2 aliphatic rings. The van der Waals surface area contributed by atoms with Crippen molar-refractivity contribution in [2.24, 2.45) is 0 Å². The van der Waals surface area contributed by atoms with Crippen molar-refractivity contribution in [3.05, 3.63) is 52.3 Å². The average molecular weight is 400 g/mol. The molecule has 0 spiro atoms. The Morgan fingerprint density at radius 2 is 1.71 bits per heavy atom. The molecule has 0 saturated carbocycles. The maximum Gasteiger partial charge on any atom is 0.224 e. The topological polar surface area (TPSA) is 44.3 Å². The molecule has 0 unspecified atom stereocenters. The number of anilines is 1. The molecule has 0 amide bonds. The second kappa shape index (κ2) is 9.68. The lowest BCUT2D eigenvalue weighted by Gasteiger charge is -2.19. The van der Waals surface area contributed by atoms with Gasteiger partial charge in [-0.25, -0.2) is 9.97 Å². The number of halogens is 1. The van der Waals surface area contributed by atoms with Crippen molar-refractivity contribution in [2.75, 3.05) is 44.6 Å². The van der Waals surface area contributed by atoms with E-state index in [2.05, 4.69) is 50.4 Å². The summed E-state index contributed by atoms with van der Waals surface area (Å²) in [5, 5.41) is 4.00. The van der Waals surface area contributed by atoms with Crippen LogP contribution in [0.1, 0.15) is 36.1 Å². The lowest BCUT2D eigenvalue weighted by Crippen LogP contribution is -2.25. The second-order valence-electron chi connectivity index (χ2n) is 7.85. The van der Waals surface area contributed by atoms with E-state index in [0.717, 1.165) is 63.2 Å². The van der Waals surface area contributed by atoms with Crippen LogP contribution in [0.4, 0.5) is 5.95 Å². The van der Waals surface area contributed by atoms with Gasteiger partial charge in [-0.2, -0.15) is 0 Å². The van der Waals surface area contributed by atoms with Gasteiger partial charge in [-0.05, 0) is 50.9 Å². The fourth-order valence-electron chi connectivity index (χ4n) is 4.19. The minimum Gasteiger partial charge on any atom is -0.354 e. The number of nitrogens with zero attached hydrogens (tertiary/aromatic N) is 4. The van der Waals surface area contributed by atoms with E-state index in [1.165, 1.54) is 31.5 Å². The minimum absolute atomic E-state index is 0.619. The highest BCUT2D eigenvalue weighted by molar-refractivity contribution is 6.30. The number of fused-ring (bicyclic) bond motifs is 1. The fourth-order valence-corrected chi connectivity index (χ4v) is 4.47. The van der Waals surface area contributed by atoms with Gasteiger partial charge in [-0.1, -0.05) is 41.9 Å². The number of nitrogens with one attached hydrogen (secondary N) is 1. The van der Waals surface area contributed by atoms with Gasteiger partial charge in [0.05, 0.1) is 5.69 Å². The van der Waals surface area contributed by atoms with Gasteiger partial charge >= 0.3 is 0 Å². The molecular formula is C22H30ClN5. The lowest BCUT2D eigenvalue weighted by molar-refractivity contribution is 0.279. The molecule has 0 radical (unpaired) electrons. The largest absolute Gasteiger partial charge is 0.354 e. The molecule has 150 valence electrons. The summed E-state index contributed by atoms with van der Waals surface area (Å²) < 4.78 is 0. The molecule has 0 bridgehead atoms. The first-order chi connectivity index (χ1) is 13.8. The maximum absolute atomic E-state index is 6.53. The van der Waals surface area contributed by atoms with Crippen LogP contribution in [0.2, 0.25) is 5.15 Å². The summed E-state index contributed by atoms with van der Waals surface area (Å²) in [6.07, 6.45) is 5.64. The summed E-state index contributed by atoms with van der Waals surface area (Å²) in [6, 6.07) is 10.7. The molecule has 28 heavy (non-hydrogen) atoms. The highest BCUT2D eigenvalue weighted by Crippen LogP contribution is 2.23. The highest BCUT2D eigenvalue weighted by atomic mass is 35.5. The number of hydrogen-bond donors (Lipinski definition) is 1. The molecule has 1 saturated heterocycles. The van der Waals surface area contributed by atoms with Crippen molar-refractivity contribution in [3.8, 4) is 0 Å². The molecule has 1 N–H and O–H groups in total. The first kappa shape index (κ1) is 19.6. The Labute approximate surface area is 173 Å². The summed E-state index contributed by atoms with van der Waals surface area (Å²) in [4.78, 5) is 14.3. The van der Waals surface area contributed by atoms with Gasteiger partial charge in [0.2, 0.25) is 5.95 Å². The minimum atomic E-state index is 0.619. The van der Waals surface area contributed by atoms with E-state index in [9.17, 15) is 0 Å². The molecule has 6 heteroatoms. The van der Waals surface area contributed by atoms with Crippen molar-refractivity contribution in [1.29, 1.82) is 0 Å². The lowest BCUT2D eigenvalue weighted by atomic mass is 10.1. The third kappa shape index (κ3) is 5.22. The Morgan fingerprint density at radius 3 is 2.54 bits per heavy atom. The van der Waals surface area contributed by atoms with Crippen LogP contribution in [0.25, 0.3) is 0 Å². The molecule has 1 fully saturated rings. The van der Waals surface area contributed by atoms with Crippen LogP contribution in [-0.2, 0) is 19.4 Å². The van der Waals surface area contributed by atoms with Gasteiger partial charge in [0.1, 0.15) is 5.15 Å². The quantitative estimate of drug-likeness (QED) is 0.569. The molecule has 1 aromatic carbocycles. The van der Waals surface area contributed by atoms with Gasteiger partial charge in [-0.3, -0.25) is 4.90 Å². The van der Waals surface area contributed by atoms with Crippen molar-refractivity contribution >= 4 is 17.5 Å². The van der Waals surface area contributed by atoms with Crippen molar-refractivity contribution < 1.29 is 0 Å². The smallest absolute Gasteiger partial charge is 0.224 e. The van der Waals surface area contributed by atoms with E-state index in [1.54, 1.807) is 0 Å². The van der Waals surface area contributed by atoms with Gasteiger partial charge in [0.15, 0.2) is 0 Å². The van der Waals surface area contributed by atoms with Crippen LogP contribution in [0.3, 0.4) is 0 Å². The van der Waals surface area contributed by atoms with Gasteiger partial charge in [-0.15, -0.1) is 0 Å². The Bertz CT molecular complexity index is 761. The van der Waals surface area contributed by atoms with Crippen LogP contribution in [0.5, 0.6) is 0 Å².